The SMILES string of the molecule is CO[N+]1CCOCC1. The first kappa shape index (κ1) is 6.01. The highest BCUT2D eigenvalue weighted by atomic mass is 16.7. The molecule has 0 aromatic heterocycles. The summed E-state index contributed by atoms with van der Waals surface area (Å²) in [5.41, 5.74) is 0. The fraction of sp³-hybridized carbons (Fsp3) is 1.00. The summed E-state index contributed by atoms with van der Waals surface area (Å²) in [5.74, 6) is 0. The van der Waals surface area contributed by atoms with E-state index in [0.717, 1.165) is 26.3 Å². The van der Waals surface area contributed by atoms with Crippen molar-refractivity contribution in [1.82, 2.24) is 5.06 Å². The summed E-state index contributed by atoms with van der Waals surface area (Å²) in [6, 6.07) is 0. The lowest BCUT2D eigenvalue weighted by atomic mass is 10.5. The molecule has 0 atom stereocenters. The van der Waals surface area contributed by atoms with Gasteiger partial charge in [-0.3, -0.25) is 0 Å². The second kappa shape index (κ2) is 3.02. The number of morpholine rings is 1. The molecule has 0 N–H and O–H groups in total. The molecule has 0 saturated carbocycles. The summed E-state index contributed by atoms with van der Waals surface area (Å²) >= 11 is 0. The molecular formula is C5H11NO2+. The minimum absolute atomic E-state index is 0.799. The molecule has 1 radical (unpaired) electrons. The number of nitrogens with zero attached hydrogens (tertiary/aromatic N) is 1. The fourth-order valence-corrected chi connectivity index (χ4v) is 0.729. The van der Waals surface area contributed by atoms with Crippen LogP contribution in [0.4, 0.5) is 0 Å². The summed E-state index contributed by atoms with van der Waals surface area (Å²) < 4.78 is 5.08. The number of hydrogen-bond acceptors (Lipinski definition) is 3. The average molecular weight is 117 g/mol. The molecule has 0 unspecified atom stereocenters. The minimum Gasteiger partial charge on any atom is -0.369 e. The van der Waals surface area contributed by atoms with Crippen LogP contribution in [0.5, 0.6) is 0 Å². The Morgan fingerprint density at radius 1 is 1.38 bits per heavy atom. The molecular weight excluding hydrogens is 106 g/mol. The van der Waals surface area contributed by atoms with Gasteiger partial charge in [-0.25, -0.2) is 0 Å². The average Bonchev–Trinajstić information content (AvgIpc) is 1.90. The molecule has 3 heteroatoms. The lowest BCUT2D eigenvalue weighted by Crippen LogP contribution is -2.40. The van der Waals surface area contributed by atoms with E-state index in [1.165, 1.54) is 0 Å². The molecule has 1 aliphatic rings. The summed E-state index contributed by atoms with van der Waals surface area (Å²) in [7, 11) is 1.69. The van der Waals surface area contributed by atoms with Gasteiger partial charge in [-0.05, 0) is 5.06 Å². The van der Waals surface area contributed by atoms with E-state index in [2.05, 4.69) is 0 Å². The highest BCUT2D eigenvalue weighted by molar-refractivity contribution is 4.55. The van der Waals surface area contributed by atoms with Gasteiger partial charge in [0.15, 0.2) is 13.1 Å². The van der Waals surface area contributed by atoms with Crippen molar-refractivity contribution >= 4 is 0 Å². The van der Waals surface area contributed by atoms with Gasteiger partial charge in [0.1, 0.15) is 20.3 Å². The maximum absolute atomic E-state index is 5.08. The maximum atomic E-state index is 5.08. The molecule has 0 aromatic rings. The van der Waals surface area contributed by atoms with Gasteiger partial charge in [0.2, 0.25) is 0 Å². The second-order valence-corrected chi connectivity index (χ2v) is 1.72. The Kier molecular flexibility index (Phi) is 2.27. The van der Waals surface area contributed by atoms with Gasteiger partial charge in [0, 0.05) is 0 Å². The standard InChI is InChI=1S/C5H11NO2/c1-7-6-2-4-8-5-3-6/h2-5H2,1H3/q+1. The van der Waals surface area contributed by atoms with Crippen LogP contribution in [-0.2, 0) is 9.57 Å². The van der Waals surface area contributed by atoms with E-state index >= 15 is 0 Å². The monoisotopic (exact) mass is 117 g/mol. The first-order valence-electron chi connectivity index (χ1n) is 2.80. The largest absolute Gasteiger partial charge is 0.369 e. The van der Waals surface area contributed by atoms with Crippen molar-refractivity contribution in [3.8, 4) is 0 Å². The Balaban J connectivity index is 2.13. The third kappa shape index (κ3) is 1.43. The third-order valence-corrected chi connectivity index (χ3v) is 1.23. The quantitative estimate of drug-likeness (QED) is 0.441. The molecule has 0 aliphatic carbocycles. The van der Waals surface area contributed by atoms with Crippen LogP contribution >= 0.6 is 0 Å². The third-order valence-electron chi connectivity index (χ3n) is 1.23. The van der Waals surface area contributed by atoms with Crippen LogP contribution in [0.2, 0.25) is 0 Å². The second-order valence-electron chi connectivity index (χ2n) is 1.72. The zero-order valence-corrected chi connectivity index (χ0v) is 5.09. The predicted molar refractivity (Wildman–Crippen MR) is 29.7 cm³/mol. The Hall–Kier alpha value is -0.120. The van der Waals surface area contributed by atoms with Gasteiger partial charge in [0.25, 0.3) is 0 Å². The van der Waals surface area contributed by atoms with Crippen molar-refractivity contribution in [3.63, 3.8) is 0 Å². The Labute approximate surface area is 49.1 Å². The summed E-state index contributed by atoms with van der Waals surface area (Å²) in [6.07, 6.45) is 0. The zero-order valence-electron chi connectivity index (χ0n) is 5.09. The van der Waals surface area contributed by atoms with Gasteiger partial charge < -0.3 is 4.74 Å². The number of hydroxylamine groups is 2. The van der Waals surface area contributed by atoms with Crippen LogP contribution < -0.4 is 5.06 Å². The van der Waals surface area contributed by atoms with Crippen molar-refractivity contribution in [2.75, 3.05) is 33.4 Å². The molecule has 1 rings (SSSR count). The first-order valence-corrected chi connectivity index (χ1v) is 2.80. The predicted octanol–water partition coefficient (Wildman–Crippen LogP) is -0.282. The van der Waals surface area contributed by atoms with Crippen molar-refractivity contribution in [2.24, 2.45) is 0 Å². The van der Waals surface area contributed by atoms with Gasteiger partial charge in [-0.1, -0.05) is 0 Å². The molecule has 1 heterocycles. The molecule has 0 spiro atoms. The zero-order chi connectivity index (χ0) is 5.82. The van der Waals surface area contributed by atoms with E-state index in [1.54, 1.807) is 7.11 Å². The van der Waals surface area contributed by atoms with Crippen molar-refractivity contribution in [1.29, 1.82) is 0 Å². The normalized spacial score (nSPS) is 23.6. The van der Waals surface area contributed by atoms with Crippen LogP contribution in [0.15, 0.2) is 0 Å². The number of ether oxygens (including phenoxy) is 1. The van der Waals surface area contributed by atoms with Gasteiger partial charge in [-0.2, -0.15) is 4.84 Å². The van der Waals surface area contributed by atoms with E-state index in [1.807, 2.05) is 5.06 Å². The molecule has 0 aromatic carbocycles. The topological polar surface area (TPSA) is 24.4 Å². The van der Waals surface area contributed by atoms with E-state index in [4.69, 9.17) is 9.57 Å². The van der Waals surface area contributed by atoms with Gasteiger partial charge in [-0.15, -0.1) is 0 Å². The molecule has 0 amide bonds. The smallest absolute Gasteiger partial charge is 0.183 e. The molecule has 0 bridgehead atoms. The van der Waals surface area contributed by atoms with Crippen LogP contribution in [0.3, 0.4) is 0 Å². The highest BCUT2D eigenvalue weighted by Gasteiger charge is 2.18. The fourth-order valence-electron chi connectivity index (χ4n) is 0.729. The first-order chi connectivity index (χ1) is 3.93. The van der Waals surface area contributed by atoms with E-state index in [-0.39, 0.29) is 0 Å². The van der Waals surface area contributed by atoms with Crippen LogP contribution in [0, 0.1) is 0 Å². The number of hydrogen-bond donors (Lipinski definition) is 0. The molecule has 47 valence electrons. The van der Waals surface area contributed by atoms with Crippen molar-refractivity contribution in [2.45, 2.75) is 0 Å². The molecule has 3 nitrogen and oxygen atoms in total. The maximum Gasteiger partial charge on any atom is 0.183 e. The Morgan fingerprint density at radius 3 is 2.38 bits per heavy atom. The highest BCUT2D eigenvalue weighted by Crippen LogP contribution is 1.90. The molecule has 1 aliphatic heterocycles. The summed E-state index contributed by atoms with van der Waals surface area (Å²) in [5, 5.41) is 1.89. The molecule has 1 fully saturated rings. The Bertz CT molecular complexity index is 61.4. The van der Waals surface area contributed by atoms with Crippen molar-refractivity contribution in [3.05, 3.63) is 0 Å². The van der Waals surface area contributed by atoms with Crippen molar-refractivity contribution < 1.29 is 9.57 Å². The molecule has 8 heavy (non-hydrogen) atoms. The minimum atomic E-state index is 0.799. The van der Waals surface area contributed by atoms with E-state index in [9.17, 15) is 0 Å². The summed E-state index contributed by atoms with van der Waals surface area (Å²) in [4.78, 5) is 4.94. The Morgan fingerprint density at radius 2 is 2.00 bits per heavy atom. The lowest BCUT2D eigenvalue weighted by Gasteiger charge is -2.12. The van der Waals surface area contributed by atoms with Gasteiger partial charge in [0.05, 0.1) is 0 Å². The molecule has 1 saturated heterocycles. The van der Waals surface area contributed by atoms with E-state index in [0.29, 0.717) is 0 Å². The van der Waals surface area contributed by atoms with Crippen LogP contribution in [0.25, 0.3) is 0 Å². The number of rotatable bonds is 1. The van der Waals surface area contributed by atoms with Gasteiger partial charge >= 0.3 is 0 Å². The lowest BCUT2D eigenvalue weighted by molar-refractivity contribution is -0.0909. The van der Waals surface area contributed by atoms with E-state index < -0.39 is 0 Å². The van der Waals surface area contributed by atoms with Crippen LogP contribution in [-0.4, -0.2) is 33.4 Å². The van der Waals surface area contributed by atoms with Crippen LogP contribution in [0.1, 0.15) is 0 Å². The summed E-state index contributed by atoms with van der Waals surface area (Å²) in [6.45, 7) is 3.40.